The maximum absolute atomic E-state index is 12.6. The van der Waals surface area contributed by atoms with E-state index in [9.17, 15) is 13.2 Å². The average molecular weight is 384 g/mol. The lowest BCUT2D eigenvalue weighted by Gasteiger charge is -2.14. The van der Waals surface area contributed by atoms with Crippen LogP contribution in [0.25, 0.3) is 0 Å². The minimum Gasteiger partial charge on any atom is -0.495 e. The highest BCUT2D eigenvalue weighted by Gasteiger charge is 2.18. The van der Waals surface area contributed by atoms with Gasteiger partial charge in [0.05, 0.1) is 29.9 Å². The number of aryl methyl sites for hydroxylation is 1. The Kier molecular flexibility index (Phi) is 5.92. The number of sulfonamides is 1. The fourth-order valence-electron chi connectivity index (χ4n) is 2.10. The van der Waals surface area contributed by atoms with E-state index in [1.165, 1.54) is 31.4 Å². The predicted molar refractivity (Wildman–Crippen MR) is 95.9 cm³/mol. The first kappa shape index (κ1) is 19.1. The first-order chi connectivity index (χ1) is 11.8. The van der Waals surface area contributed by atoms with Crippen molar-refractivity contribution < 1.29 is 22.7 Å². The summed E-state index contributed by atoms with van der Waals surface area (Å²) in [7, 11) is -2.43. The van der Waals surface area contributed by atoms with E-state index in [4.69, 9.17) is 21.1 Å². The third kappa shape index (κ3) is 4.43. The van der Waals surface area contributed by atoms with Crippen LogP contribution >= 0.6 is 11.6 Å². The first-order valence-electron chi connectivity index (χ1n) is 7.42. The summed E-state index contributed by atoms with van der Waals surface area (Å²) in [6, 6.07) is 8.60. The number of esters is 1. The molecular formula is C17H18ClNO5S. The number of ether oxygens (including phenoxy) is 2. The van der Waals surface area contributed by atoms with Gasteiger partial charge in [-0.05, 0) is 49.7 Å². The predicted octanol–water partition coefficient (Wildman–Crippen LogP) is 3.63. The summed E-state index contributed by atoms with van der Waals surface area (Å²) in [5.41, 5.74) is 1.26. The molecule has 0 amide bonds. The Labute approximate surface area is 151 Å². The minimum atomic E-state index is -3.86. The molecule has 25 heavy (non-hydrogen) atoms. The second kappa shape index (κ2) is 7.76. The summed E-state index contributed by atoms with van der Waals surface area (Å²) >= 11 is 6.02. The van der Waals surface area contributed by atoms with Crippen molar-refractivity contribution in [3.63, 3.8) is 0 Å². The highest BCUT2D eigenvalue weighted by molar-refractivity contribution is 7.92. The van der Waals surface area contributed by atoms with Crippen molar-refractivity contribution in [2.75, 3.05) is 18.4 Å². The molecule has 0 spiro atoms. The van der Waals surface area contributed by atoms with Gasteiger partial charge in [-0.2, -0.15) is 0 Å². The van der Waals surface area contributed by atoms with Crippen molar-refractivity contribution in [2.24, 2.45) is 0 Å². The highest BCUT2D eigenvalue weighted by atomic mass is 35.5. The summed E-state index contributed by atoms with van der Waals surface area (Å²) in [4.78, 5) is 11.6. The molecule has 2 aromatic rings. The van der Waals surface area contributed by atoms with Crippen molar-refractivity contribution in [1.29, 1.82) is 0 Å². The van der Waals surface area contributed by atoms with Crippen molar-refractivity contribution in [3.05, 3.63) is 52.5 Å². The Balaban J connectivity index is 2.31. The van der Waals surface area contributed by atoms with Gasteiger partial charge in [0, 0.05) is 11.1 Å². The number of nitrogens with one attached hydrogen (secondary N) is 1. The van der Waals surface area contributed by atoms with Crippen LogP contribution in [-0.2, 0) is 14.8 Å². The molecule has 1 N–H and O–H groups in total. The number of carbonyl (C=O) groups excluding carboxylic acids is 1. The number of rotatable bonds is 6. The summed E-state index contributed by atoms with van der Waals surface area (Å²) < 4.78 is 37.6. The van der Waals surface area contributed by atoms with Crippen molar-refractivity contribution >= 4 is 33.3 Å². The molecule has 0 radical (unpaired) electrons. The molecule has 0 fully saturated rings. The fourth-order valence-corrected chi connectivity index (χ4v) is 3.32. The lowest BCUT2D eigenvalue weighted by atomic mass is 10.2. The van der Waals surface area contributed by atoms with E-state index in [0.717, 1.165) is 0 Å². The zero-order chi connectivity index (χ0) is 18.6. The molecule has 0 unspecified atom stereocenters. The minimum absolute atomic E-state index is 0.00945. The molecule has 0 aromatic heterocycles. The second-order valence-electron chi connectivity index (χ2n) is 5.15. The highest BCUT2D eigenvalue weighted by Crippen LogP contribution is 2.32. The van der Waals surface area contributed by atoms with E-state index in [-0.39, 0.29) is 22.8 Å². The van der Waals surface area contributed by atoms with Gasteiger partial charge < -0.3 is 9.47 Å². The van der Waals surface area contributed by atoms with Crippen molar-refractivity contribution in [3.8, 4) is 5.75 Å². The summed E-state index contributed by atoms with van der Waals surface area (Å²) in [6.45, 7) is 3.70. The van der Waals surface area contributed by atoms with Crippen LogP contribution in [0.5, 0.6) is 5.75 Å². The van der Waals surface area contributed by atoms with Crippen LogP contribution in [-0.4, -0.2) is 28.1 Å². The fraction of sp³-hybridized carbons (Fsp3) is 0.235. The van der Waals surface area contributed by atoms with Gasteiger partial charge in [0.2, 0.25) is 0 Å². The molecule has 0 saturated carbocycles. The van der Waals surface area contributed by atoms with E-state index < -0.39 is 16.0 Å². The molecule has 0 bridgehead atoms. The van der Waals surface area contributed by atoms with Crippen LogP contribution in [0.1, 0.15) is 22.8 Å². The van der Waals surface area contributed by atoms with Gasteiger partial charge in [0.1, 0.15) is 5.75 Å². The van der Waals surface area contributed by atoms with Crippen LogP contribution in [0.15, 0.2) is 41.3 Å². The molecule has 2 rings (SSSR count). The van der Waals surface area contributed by atoms with E-state index >= 15 is 0 Å². The Morgan fingerprint density at radius 3 is 2.40 bits per heavy atom. The van der Waals surface area contributed by atoms with Crippen molar-refractivity contribution in [1.82, 2.24) is 0 Å². The smallest absolute Gasteiger partial charge is 0.338 e. The van der Waals surface area contributed by atoms with Gasteiger partial charge in [0.25, 0.3) is 10.0 Å². The van der Waals surface area contributed by atoms with E-state index in [1.807, 2.05) is 0 Å². The Morgan fingerprint density at radius 1 is 1.20 bits per heavy atom. The summed E-state index contributed by atoms with van der Waals surface area (Å²) in [5, 5.41) is 0.471. The molecular weight excluding hydrogens is 366 g/mol. The van der Waals surface area contributed by atoms with Crippen molar-refractivity contribution in [2.45, 2.75) is 18.7 Å². The molecule has 8 heteroatoms. The summed E-state index contributed by atoms with van der Waals surface area (Å²) in [6.07, 6.45) is 0. The quantitative estimate of drug-likeness (QED) is 0.770. The third-order valence-corrected chi connectivity index (χ3v) is 5.19. The molecule has 0 aliphatic heterocycles. The molecule has 2 aromatic carbocycles. The second-order valence-corrected chi connectivity index (χ2v) is 7.24. The largest absolute Gasteiger partial charge is 0.495 e. The van der Waals surface area contributed by atoms with Gasteiger partial charge in [-0.1, -0.05) is 11.6 Å². The Morgan fingerprint density at radius 2 is 1.84 bits per heavy atom. The van der Waals surface area contributed by atoms with Gasteiger partial charge in [-0.25, -0.2) is 13.2 Å². The number of halogens is 1. The monoisotopic (exact) mass is 383 g/mol. The van der Waals surface area contributed by atoms with Gasteiger partial charge in [-0.15, -0.1) is 0 Å². The van der Waals surface area contributed by atoms with E-state index in [0.29, 0.717) is 16.3 Å². The SMILES string of the molecule is CCOC(=O)c1ccc(S(=O)(=O)Nc2cc(C)c(Cl)cc2OC)cc1. The van der Waals surface area contributed by atoms with Gasteiger partial charge in [0.15, 0.2) is 0 Å². The molecule has 0 aliphatic carbocycles. The van der Waals surface area contributed by atoms with Crippen LogP contribution < -0.4 is 9.46 Å². The van der Waals surface area contributed by atoms with Crippen LogP contribution in [0.4, 0.5) is 5.69 Å². The molecule has 6 nitrogen and oxygen atoms in total. The van der Waals surface area contributed by atoms with Crippen LogP contribution in [0.2, 0.25) is 5.02 Å². The molecule has 0 aliphatic rings. The molecule has 134 valence electrons. The van der Waals surface area contributed by atoms with Gasteiger partial charge in [-0.3, -0.25) is 4.72 Å². The van der Waals surface area contributed by atoms with Crippen LogP contribution in [0, 0.1) is 6.92 Å². The maximum atomic E-state index is 12.6. The van der Waals surface area contributed by atoms with Gasteiger partial charge >= 0.3 is 5.97 Å². The lowest BCUT2D eigenvalue weighted by Crippen LogP contribution is -2.14. The lowest BCUT2D eigenvalue weighted by molar-refractivity contribution is 0.0526. The maximum Gasteiger partial charge on any atom is 0.338 e. The number of anilines is 1. The number of methoxy groups -OCH3 is 1. The van der Waals surface area contributed by atoms with E-state index in [2.05, 4.69) is 4.72 Å². The number of hydrogen-bond donors (Lipinski definition) is 1. The topological polar surface area (TPSA) is 81.7 Å². The number of carbonyl (C=O) groups is 1. The number of benzene rings is 2. The zero-order valence-corrected chi connectivity index (χ0v) is 15.6. The van der Waals surface area contributed by atoms with E-state index in [1.54, 1.807) is 26.0 Å². The third-order valence-electron chi connectivity index (χ3n) is 3.40. The standard InChI is InChI=1S/C17H18ClNO5S/c1-4-24-17(20)12-5-7-13(8-6-12)25(21,22)19-15-9-11(2)14(18)10-16(15)23-3/h5-10,19H,4H2,1-3H3. The number of hydrogen-bond acceptors (Lipinski definition) is 5. The Hall–Kier alpha value is -2.25. The molecule has 0 atom stereocenters. The zero-order valence-electron chi connectivity index (χ0n) is 14.0. The normalized spacial score (nSPS) is 11.0. The summed E-state index contributed by atoms with van der Waals surface area (Å²) in [5.74, 6) is -0.197. The first-order valence-corrected chi connectivity index (χ1v) is 9.28. The Bertz CT molecular complexity index is 879. The average Bonchev–Trinajstić information content (AvgIpc) is 2.58. The molecule has 0 saturated heterocycles. The molecule has 0 heterocycles. The van der Waals surface area contributed by atoms with Crippen LogP contribution in [0.3, 0.4) is 0 Å².